The Balaban J connectivity index is 1.64. The van der Waals surface area contributed by atoms with Crippen LogP contribution in [0.25, 0.3) is 0 Å². The summed E-state index contributed by atoms with van der Waals surface area (Å²) in [7, 11) is 0. The summed E-state index contributed by atoms with van der Waals surface area (Å²) in [5.41, 5.74) is 2.39. The van der Waals surface area contributed by atoms with E-state index in [1.807, 2.05) is 60.7 Å². The molecule has 28 heavy (non-hydrogen) atoms. The SMILES string of the molecule is O=C(CCNc1ccccc1[N+](=O)[O-])NC(c1ccccc1)c1ccccc1. The highest BCUT2D eigenvalue weighted by atomic mass is 16.6. The largest absolute Gasteiger partial charge is 0.379 e. The van der Waals surface area contributed by atoms with E-state index in [1.54, 1.807) is 18.2 Å². The van der Waals surface area contributed by atoms with Gasteiger partial charge in [-0.25, -0.2) is 0 Å². The van der Waals surface area contributed by atoms with Gasteiger partial charge in [-0.1, -0.05) is 72.8 Å². The van der Waals surface area contributed by atoms with Crippen LogP contribution in [0.4, 0.5) is 11.4 Å². The molecule has 0 heterocycles. The topological polar surface area (TPSA) is 84.3 Å². The molecule has 3 aromatic carbocycles. The fourth-order valence-electron chi connectivity index (χ4n) is 2.98. The van der Waals surface area contributed by atoms with Crippen LogP contribution in [-0.2, 0) is 4.79 Å². The number of carbonyl (C=O) groups excluding carboxylic acids is 1. The monoisotopic (exact) mass is 375 g/mol. The summed E-state index contributed by atoms with van der Waals surface area (Å²) in [5.74, 6) is -0.135. The zero-order chi connectivity index (χ0) is 19.8. The van der Waals surface area contributed by atoms with Crippen molar-refractivity contribution in [2.24, 2.45) is 0 Å². The predicted octanol–water partition coefficient (Wildman–Crippen LogP) is 4.30. The highest BCUT2D eigenvalue weighted by Gasteiger charge is 2.17. The van der Waals surface area contributed by atoms with E-state index in [0.29, 0.717) is 12.2 Å². The Hall–Kier alpha value is -3.67. The van der Waals surface area contributed by atoms with Crippen molar-refractivity contribution in [1.82, 2.24) is 5.32 Å². The molecule has 1 amide bonds. The summed E-state index contributed by atoms with van der Waals surface area (Å²) in [5, 5.41) is 17.1. The fraction of sp³-hybridized carbons (Fsp3) is 0.136. The number of hydrogen-bond donors (Lipinski definition) is 2. The van der Waals surface area contributed by atoms with Crippen LogP contribution in [0.2, 0.25) is 0 Å². The lowest BCUT2D eigenvalue weighted by molar-refractivity contribution is -0.384. The van der Waals surface area contributed by atoms with Crippen molar-refractivity contribution >= 4 is 17.3 Å². The summed E-state index contributed by atoms with van der Waals surface area (Å²) in [6, 6.07) is 25.7. The molecule has 0 fully saturated rings. The van der Waals surface area contributed by atoms with E-state index in [2.05, 4.69) is 10.6 Å². The van der Waals surface area contributed by atoms with E-state index < -0.39 is 4.92 Å². The molecule has 6 nitrogen and oxygen atoms in total. The van der Waals surface area contributed by atoms with Crippen LogP contribution in [0.5, 0.6) is 0 Å². The summed E-state index contributed by atoms with van der Waals surface area (Å²) >= 11 is 0. The Morgan fingerprint density at radius 1 is 0.857 bits per heavy atom. The van der Waals surface area contributed by atoms with Gasteiger partial charge in [0, 0.05) is 19.0 Å². The van der Waals surface area contributed by atoms with Gasteiger partial charge in [-0.15, -0.1) is 0 Å². The van der Waals surface area contributed by atoms with Gasteiger partial charge in [-0.3, -0.25) is 14.9 Å². The quantitative estimate of drug-likeness (QED) is 0.454. The second kappa shape index (κ2) is 9.32. The van der Waals surface area contributed by atoms with Crippen LogP contribution in [0.1, 0.15) is 23.6 Å². The lowest BCUT2D eigenvalue weighted by Crippen LogP contribution is -2.30. The number of carbonyl (C=O) groups is 1. The molecule has 0 aromatic heterocycles. The lowest BCUT2D eigenvalue weighted by atomic mass is 9.98. The third-order valence-electron chi connectivity index (χ3n) is 4.34. The maximum atomic E-state index is 12.5. The number of benzene rings is 3. The van der Waals surface area contributed by atoms with Crippen LogP contribution in [0, 0.1) is 10.1 Å². The van der Waals surface area contributed by atoms with Gasteiger partial charge in [0.15, 0.2) is 0 Å². The third kappa shape index (κ3) is 4.94. The Morgan fingerprint density at radius 3 is 1.96 bits per heavy atom. The summed E-state index contributed by atoms with van der Waals surface area (Å²) < 4.78 is 0. The average molecular weight is 375 g/mol. The standard InChI is InChI=1S/C22H21N3O3/c26-21(15-16-23-19-13-7-8-14-20(19)25(27)28)24-22(17-9-3-1-4-10-17)18-11-5-2-6-12-18/h1-14,22-23H,15-16H2,(H,24,26). The minimum absolute atomic E-state index is 0.00523. The molecule has 0 aliphatic carbocycles. The van der Waals surface area contributed by atoms with Crippen LogP contribution in [0.15, 0.2) is 84.9 Å². The predicted molar refractivity (Wildman–Crippen MR) is 109 cm³/mol. The molecule has 0 aliphatic rings. The van der Waals surface area contributed by atoms with Gasteiger partial charge in [-0.05, 0) is 17.2 Å². The van der Waals surface area contributed by atoms with Crippen LogP contribution in [0.3, 0.4) is 0 Å². The van der Waals surface area contributed by atoms with E-state index in [-0.39, 0.29) is 24.1 Å². The molecule has 0 atom stereocenters. The van der Waals surface area contributed by atoms with Crippen molar-refractivity contribution in [2.75, 3.05) is 11.9 Å². The van der Waals surface area contributed by atoms with Crippen molar-refractivity contribution in [3.8, 4) is 0 Å². The van der Waals surface area contributed by atoms with Crippen molar-refractivity contribution in [3.63, 3.8) is 0 Å². The molecule has 6 heteroatoms. The zero-order valence-electron chi connectivity index (χ0n) is 15.2. The average Bonchev–Trinajstić information content (AvgIpc) is 2.73. The van der Waals surface area contributed by atoms with Crippen molar-refractivity contribution < 1.29 is 9.72 Å². The molecule has 0 saturated heterocycles. The number of anilines is 1. The van der Waals surface area contributed by atoms with Crippen molar-refractivity contribution in [3.05, 3.63) is 106 Å². The first-order valence-corrected chi connectivity index (χ1v) is 9.01. The molecule has 2 N–H and O–H groups in total. The molecule has 0 saturated carbocycles. The first-order chi connectivity index (χ1) is 13.6. The number of nitrogens with one attached hydrogen (secondary N) is 2. The van der Waals surface area contributed by atoms with Gasteiger partial charge >= 0.3 is 0 Å². The first kappa shape index (κ1) is 19.1. The van der Waals surface area contributed by atoms with Gasteiger partial charge in [-0.2, -0.15) is 0 Å². The Labute approximate surface area is 163 Å². The maximum Gasteiger partial charge on any atom is 0.292 e. The third-order valence-corrected chi connectivity index (χ3v) is 4.34. The number of amides is 1. The van der Waals surface area contributed by atoms with E-state index in [0.717, 1.165) is 11.1 Å². The molecule has 0 radical (unpaired) electrons. The zero-order valence-corrected chi connectivity index (χ0v) is 15.2. The highest BCUT2D eigenvalue weighted by molar-refractivity contribution is 5.77. The fourth-order valence-corrected chi connectivity index (χ4v) is 2.98. The van der Waals surface area contributed by atoms with Crippen LogP contribution < -0.4 is 10.6 Å². The number of nitro groups is 1. The minimum atomic E-state index is -0.441. The summed E-state index contributed by atoms with van der Waals surface area (Å²) in [6.45, 7) is 0.299. The lowest BCUT2D eigenvalue weighted by Gasteiger charge is -2.20. The second-order valence-corrected chi connectivity index (χ2v) is 6.27. The number of para-hydroxylation sites is 2. The Bertz CT molecular complexity index is 891. The van der Waals surface area contributed by atoms with Gasteiger partial charge in [0.2, 0.25) is 5.91 Å². The molecular formula is C22H21N3O3. The Morgan fingerprint density at radius 2 is 1.39 bits per heavy atom. The summed E-state index contributed by atoms with van der Waals surface area (Å²) in [4.78, 5) is 23.1. The molecule has 0 spiro atoms. The van der Waals surface area contributed by atoms with E-state index in [1.165, 1.54) is 6.07 Å². The number of hydrogen-bond acceptors (Lipinski definition) is 4. The van der Waals surface area contributed by atoms with Gasteiger partial charge in [0.1, 0.15) is 5.69 Å². The van der Waals surface area contributed by atoms with Gasteiger partial charge in [0.25, 0.3) is 5.69 Å². The second-order valence-electron chi connectivity index (χ2n) is 6.27. The van der Waals surface area contributed by atoms with Crippen molar-refractivity contribution in [2.45, 2.75) is 12.5 Å². The molecule has 0 aliphatic heterocycles. The van der Waals surface area contributed by atoms with Gasteiger partial charge in [0.05, 0.1) is 11.0 Å². The Kier molecular flexibility index (Phi) is 6.36. The number of rotatable bonds is 8. The molecule has 0 unspecified atom stereocenters. The van der Waals surface area contributed by atoms with E-state index in [9.17, 15) is 14.9 Å². The van der Waals surface area contributed by atoms with Crippen LogP contribution in [-0.4, -0.2) is 17.4 Å². The smallest absolute Gasteiger partial charge is 0.292 e. The number of nitro benzene ring substituents is 1. The highest BCUT2D eigenvalue weighted by Crippen LogP contribution is 2.24. The minimum Gasteiger partial charge on any atom is -0.379 e. The molecular weight excluding hydrogens is 354 g/mol. The van der Waals surface area contributed by atoms with E-state index in [4.69, 9.17) is 0 Å². The molecule has 3 rings (SSSR count). The maximum absolute atomic E-state index is 12.5. The molecule has 0 bridgehead atoms. The molecule has 3 aromatic rings. The molecule has 142 valence electrons. The van der Waals surface area contributed by atoms with Gasteiger partial charge < -0.3 is 10.6 Å². The van der Waals surface area contributed by atoms with Crippen LogP contribution >= 0.6 is 0 Å². The van der Waals surface area contributed by atoms with E-state index >= 15 is 0 Å². The number of nitrogens with zero attached hydrogens (tertiary/aromatic N) is 1. The summed E-state index contributed by atoms with van der Waals surface area (Å²) in [6.07, 6.45) is 0.197. The van der Waals surface area contributed by atoms with Crippen molar-refractivity contribution in [1.29, 1.82) is 0 Å². The normalized spacial score (nSPS) is 10.5. The first-order valence-electron chi connectivity index (χ1n) is 9.01.